The van der Waals surface area contributed by atoms with E-state index in [-0.39, 0.29) is 24.8 Å². The van der Waals surface area contributed by atoms with Crippen LogP contribution in [0, 0.1) is 6.92 Å². The molecule has 5 heteroatoms. The van der Waals surface area contributed by atoms with Crippen LogP contribution in [-0.2, 0) is 0 Å². The molecular formula is C13H19Cl2N3. The molecule has 0 bridgehead atoms. The Labute approximate surface area is 120 Å². The van der Waals surface area contributed by atoms with Gasteiger partial charge in [-0.2, -0.15) is 0 Å². The van der Waals surface area contributed by atoms with E-state index in [0.717, 1.165) is 18.7 Å². The molecule has 3 heterocycles. The second kappa shape index (κ2) is 6.41. The van der Waals surface area contributed by atoms with Crippen LogP contribution in [0.3, 0.4) is 0 Å². The minimum atomic E-state index is 0. The fourth-order valence-electron chi connectivity index (χ4n) is 2.50. The van der Waals surface area contributed by atoms with Crippen LogP contribution in [0.25, 0.3) is 11.0 Å². The van der Waals surface area contributed by atoms with Crippen molar-refractivity contribution in [2.24, 2.45) is 0 Å². The van der Waals surface area contributed by atoms with E-state index >= 15 is 0 Å². The van der Waals surface area contributed by atoms with Crippen LogP contribution >= 0.6 is 24.8 Å². The predicted octanol–water partition coefficient (Wildman–Crippen LogP) is 3.18. The number of hydrogen-bond acceptors (Lipinski definition) is 2. The van der Waals surface area contributed by atoms with Crippen LogP contribution in [-0.4, -0.2) is 23.1 Å². The van der Waals surface area contributed by atoms with Gasteiger partial charge in [-0.15, -0.1) is 24.8 Å². The van der Waals surface area contributed by atoms with Crippen LogP contribution in [0.5, 0.6) is 0 Å². The van der Waals surface area contributed by atoms with Gasteiger partial charge in [-0.3, -0.25) is 0 Å². The number of nitrogens with one attached hydrogen (secondary N) is 2. The van der Waals surface area contributed by atoms with Gasteiger partial charge in [0.2, 0.25) is 0 Å². The molecule has 0 aromatic carbocycles. The molecule has 1 saturated heterocycles. The van der Waals surface area contributed by atoms with Crippen LogP contribution in [0.15, 0.2) is 18.3 Å². The van der Waals surface area contributed by atoms with Crippen molar-refractivity contribution in [2.45, 2.75) is 25.7 Å². The van der Waals surface area contributed by atoms with E-state index in [4.69, 9.17) is 0 Å². The standard InChI is InChI=1S/C13H17N3.2ClH/c1-9-6-11-7-12(16-13(11)15-8-9)10-2-4-14-5-3-10;;/h6-8,10,14H,2-5H2,1H3,(H,15,16);2*1H. The van der Waals surface area contributed by atoms with Crippen molar-refractivity contribution in [3.8, 4) is 0 Å². The average Bonchev–Trinajstić information content (AvgIpc) is 2.73. The summed E-state index contributed by atoms with van der Waals surface area (Å²) in [4.78, 5) is 7.88. The van der Waals surface area contributed by atoms with Gasteiger partial charge in [0.15, 0.2) is 0 Å². The molecule has 0 amide bonds. The fourth-order valence-corrected chi connectivity index (χ4v) is 2.50. The molecule has 1 aliphatic heterocycles. The summed E-state index contributed by atoms with van der Waals surface area (Å²) in [5.41, 5.74) is 3.61. The van der Waals surface area contributed by atoms with Crippen molar-refractivity contribution >= 4 is 35.8 Å². The van der Waals surface area contributed by atoms with Crippen molar-refractivity contribution in [1.29, 1.82) is 0 Å². The Hall–Kier alpha value is -0.770. The Morgan fingerprint density at radius 1 is 1.17 bits per heavy atom. The molecular weight excluding hydrogens is 269 g/mol. The van der Waals surface area contributed by atoms with E-state index in [1.54, 1.807) is 0 Å². The smallest absolute Gasteiger partial charge is 0.137 e. The lowest BCUT2D eigenvalue weighted by molar-refractivity contribution is 0.455. The number of nitrogens with zero attached hydrogens (tertiary/aromatic N) is 1. The molecule has 0 atom stereocenters. The third-order valence-corrected chi connectivity index (χ3v) is 3.41. The lowest BCUT2D eigenvalue weighted by Gasteiger charge is -2.21. The number of fused-ring (bicyclic) bond motifs is 1. The monoisotopic (exact) mass is 287 g/mol. The molecule has 3 rings (SSSR count). The second-order valence-corrected chi connectivity index (χ2v) is 4.70. The summed E-state index contributed by atoms with van der Waals surface area (Å²) < 4.78 is 0. The summed E-state index contributed by atoms with van der Waals surface area (Å²) in [5.74, 6) is 0.677. The van der Waals surface area contributed by atoms with Crippen molar-refractivity contribution in [3.05, 3.63) is 29.6 Å². The fraction of sp³-hybridized carbons (Fsp3) is 0.462. The minimum absolute atomic E-state index is 0. The Morgan fingerprint density at radius 2 is 1.89 bits per heavy atom. The van der Waals surface area contributed by atoms with Gasteiger partial charge in [0.1, 0.15) is 5.65 Å². The molecule has 0 saturated carbocycles. The zero-order valence-electron chi connectivity index (χ0n) is 10.4. The SMILES string of the molecule is Cc1cnc2[nH]c(C3CCNCC3)cc2c1.Cl.Cl. The molecule has 0 radical (unpaired) electrons. The minimum Gasteiger partial charge on any atom is -0.343 e. The third-order valence-electron chi connectivity index (χ3n) is 3.41. The average molecular weight is 288 g/mol. The summed E-state index contributed by atoms with van der Waals surface area (Å²) in [7, 11) is 0. The maximum atomic E-state index is 4.43. The van der Waals surface area contributed by atoms with Gasteiger partial charge in [-0.1, -0.05) is 0 Å². The largest absolute Gasteiger partial charge is 0.343 e. The van der Waals surface area contributed by atoms with Crippen LogP contribution < -0.4 is 5.32 Å². The van der Waals surface area contributed by atoms with Gasteiger partial charge in [0.05, 0.1) is 0 Å². The molecule has 2 aromatic rings. The van der Waals surface area contributed by atoms with E-state index < -0.39 is 0 Å². The molecule has 0 aliphatic carbocycles. The topological polar surface area (TPSA) is 40.7 Å². The van der Waals surface area contributed by atoms with E-state index in [2.05, 4.69) is 34.3 Å². The van der Waals surface area contributed by atoms with Crippen molar-refractivity contribution in [3.63, 3.8) is 0 Å². The van der Waals surface area contributed by atoms with Gasteiger partial charge >= 0.3 is 0 Å². The molecule has 3 nitrogen and oxygen atoms in total. The first-order valence-electron chi connectivity index (χ1n) is 5.99. The van der Waals surface area contributed by atoms with Gasteiger partial charge in [-0.05, 0) is 50.6 Å². The van der Waals surface area contributed by atoms with Crippen molar-refractivity contribution in [2.75, 3.05) is 13.1 Å². The highest BCUT2D eigenvalue weighted by Gasteiger charge is 2.17. The van der Waals surface area contributed by atoms with E-state index in [1.165, 1.54) is 29.5 Å². The van der Waals surface area contributed by atoms with Gasteiger partial charge in [-0.25, -0.2) is 4.98 Å². The number of aromatic amines is 1. The van der Waals surface area contributed by atoms with Gasteiger partial charge in [0, 0.05) is 23.2 Å². The number of pyridine rings is 1. The van der Waals surface area contributed by atoms with Crippen molar-refractivity contribution in [1.82, 2.24) is 15.3 Å². The normalized spacial score (nSPS) is 16.1. The maximum absolute atomic E-state index is 4.43. The Balaban J connectivity index is 0.000000810. The first-order chi connectivity index (χ1) is 7.83. The molecule has 2 N–H and O–H groups in total. The molecule has 18 heavy (non-hydrogen) atoms. The quantitative estimate of drug-likeness (QED) is 0.846. The highest BCUT2D eigenvalue weighted by Crippen LogP contribution is 2.27. The van der Waals surface area contributed by atoms with Crippen LogP contribution in [0.2, 0.25) is 0 Å². The predicted molar refractivity (Wildman–Crippen MR) is 80.2 cm³/mol. The van der Waals surface area contributed by atoms with Crippen LogP contribution in [0.4, 0.5) is 0 Å². The summed E-state index contributed by atoms with van der Waals surface area (Å²) in [6.07, 6.45) is 4.38. The Kier molecular flexibility index (Phi) is 5.45. The highest BCUT2D eigenvalue weighted by molar-refractivity contribution is 5.85. The maximum Gasteiger partial charge on any atom is 0.137 e. The summed E-state index contributed by atoms with van der Waals surface area (Å²) in [6, 6.07) is 4.47. The number of aryl methyl sites for hydroxylation is 1. The first-order valence-corrected chi connectivity index (χ1v) is 5.99. The Morgan fingerprint density at radius 3 is 2.61 bits per heavy atom. The van der Waals surface area contributed by atoms with E-state index in [1.807, 2.05) is 6.20 Å². The Bertz CT molecular complexity index is 504. The van der Waals surface area contributed by atoms with E-state index in [0.29, 0.717) is 5.92 Å². The van der Waals surface area contributed by atoms with Crippen molar-refractivity contribution < 1.29 is 0 Å². The van der Waals surface area contributed by atoms with E-state index in [9.17, 15) is 0 Å². The molecule has 2 aromatic heterocycles. The number of rotatable bonds is 1. The third kappa shape index (κ3) is 2.97. The van der Waals surface area contributed by atoms with Gasteiger partial charge < -0.3 is 10.3 Å². The zero-order chi connectivity index (χ0) is 11.0. The molecule has 0 unspecified atom stereocenters. The molecule has 1 aliphatic rings. The lowest BCUT2D eigenvalue weighted by Crippen LogP contribution is -2.26. The zero-order valence-corrected chi connectivity index (χ0v) is 12.0. The summed E-state index contributed by atoms with van der Waals surface area (Å²) in [6.45, 7) is 4.35. The highest BCUT2D eigenvalue weighted by atomic mass is 35.5. The molecule has 100 valence electrons. The second-order valence-electron chi connectivity index (χ2n) is 4.70. The molecule has 1 fully saturated rings. The summed E-state index contributed by atoms with van der Waals surface area (Å²) >= 11 is 0. The number of H-pyrrole nitrogens is 1. The van der Waals surface area contributed by atoms with Gasteiger partial charge in [0.25, 0.3) is 0 Å². The summed E-state index contributed by atoms with van der Waals surface area (Å²) in [5, 5.41) is 4.64. The van der Waals surface area contributed by atoms with Crippen LogP contribution in [0.1, 0.15) is 30.0 Å². The molecule has 0 spiro atoms. The number of piperidine rings is 1. The number of halogens is 2. The first kappa shape index (κ1) is 15.3. The lowest BCUT2D eigenvalue weighted by atomic mass is 9.95. The number of hydrogen-bond donors (Lipinski definition) is 2. The number of aromatic nitrogens is 2.